The number of ether oxygens (including phenoxy) is 1. The average molecular weight is 471 g/mol. The molecular formula is C28H30N4O3. The van der Waals surface area contributed by atoms with Gasteiger partial charge in [0.2, 0.25) is 0 Å². The Bertz CT molecular complexity index is 1410. The number of aromatic nitrogens is 2. The number of benzene rings is 3. The van der Waals surface area contributed by atoms with E-state index < -0.39 is 6.04 Å². The molecule has 0 saturated carbocycles. The van der Waals surface area contributed by atoms with Crippen molar-refractivity contribution in [3.8, 4) is 11.4 Å². The maximum atomic E-state index is 13.7. The van der Waals surface area contributed by atoms with E-state index >= 15 is 0 Å². The molecule has 0 aliphatic carbocycles. The van der Waals surface area contributed by atoms with Gasteiger partial charge in [0.15, 0.2) is 0 Å². The summed E-state index contributed by atoms with van der Waals surface area (Å²) >= 11 is 0. The minimum atomic E-state index is -0.485. The Kier molecular flexibility index (Phi) is 7.15. The number of rotatable bonds is 7. The number of hydrogen-bond acceptors (Lipinski definition) is 4. The summed E-state index contributed by atoms with van der Waals surface area (Å²) in [5.74, 6) is 1.08. The molecule has 2 amide bonds. The zero-order valence-corrected chi connectivity index (χ0v) is 20.5. The lowest BCUT2D eigenvalue weighted by Gasteiger charge is -2.30. The van der Waals surface area contributed by atoms with Crippen molar-refractivity contribution >= 4 is 22.6 Å². The molecule has 35 heavy (non-hydrogen) atoms. The number of amides is 2. The van der Waals surface area contributed by atoms with Gasteiger partial charge in [0.1, 0.15) is 11.6 Å². The van der Waals surface area contributed by atoms with Crippen molar-refractivity contribution in [2.24, 2.45) is 0 Å². The Labute approximate surface area is 205 Å². The van der Waals surface area contributed by atoms with Gasteiger partial charge in [-0.15, -0.1) is 0 Å². The summed E-state index contributed by atoms with van der Waals surface area (Å²) in [4.78, 5) is 33.8. The van der Waals surface area contributed by atoms with Gasteiger partial charge in [0, 0.05) is 6.54 Å². The van der Waals surface area contributed by atoms with Crippen molar-refractivity contribution < 1.29 is 9.53 Å². The zero-order valence-electron chi connectivity index (χ0n) is 20.5. The van der Waals surface area contributed by atoms with Crippen LogP contribution in [0.4, 0.5) is 10.5 Å². The Morgan fingerprint density at radius 3 is 2.49 bits per heavy atom. The number of carbonyl (C=O) groups excluding carboxylic acids is 1. The van der Waals surface area contributed by atoms with Gasteiger partial charge in [-0.1, -0.05) is 49.4 Å². The monoisotopic (exact) mass is 470 g/mol. The van der Waals surface area contributed by atoms with Gasteiger partial charge in [-0.2, -0.15) is 0 Å². The molecule has 0 spiro atoms. The van der Waals surface area contributed by atoms with Crippen LogP contribution in [0.2, 0.25) is 0 Å². The normalized spacial score (nSPS) is 11.8. The Hall–Kier alpha value is -4.13. The summed E-state index contributed by atoms with van der Waals surface area (Å²) < 4.78 is 7.03. The van der Waals surface area contributed by atoms with Crippen LogP contribution in [0.1, 0.15) is 37.7 Å². The van der Waals surface area contributed by atoms with Crippen molar-refractivity contribution in [3.05, 3.63) is 94.5 Å². The number of nitrogens with zero attached hydrogens (tertiary/aromatic N) is 3. The molecule has 0 fully saturated rings. The van der Waals surface area contributed by atoms with Crippen LogP contribution < -0.4 is 15.6 Å². The number of nitrogens with one attached hydrogen (secondary N) is 1. The molecule has 1 aromatic heterocycles. The molecule has 7 nitrogen and oxygen atoms in total. The van der Waals surface area contributed by atoms with Crippen LogP contribution >= 0.6 is 0 Å². The highest BCUT2D eigenvalue weighted by molar-refractivity contribution is 5.91. The topological polar surface area (TPSA) is 76.5 Å². The molecule has 4 aromatic rings. The van der Waals surface area contributed by atoms with Gasteiger partial charge in [0.25, 0.3) is 5.56 Å². The highest BCUT2D eigenvalue weighted by Crippen LogP contribution is 2.27. The van der Waals surface area contributed by atoms with E-state index in [1.54, 1.807) is 34.8 Å². The number of anilines is 1. The smallest absolute Gasteiger partial charge is 0.322 e. The molecule has 0 aliphatic heterocycles. The first-order chi connectivity index (χ1) is 17.0. The Morgan fingerprint density at radius 2 is 1.74 bits per heavy atom. The van der Waals surface area contributed by atoms with Gasteiger partial charge in [-0.25, -0.2) is 9.78 Å². The van der Waals surface area contributed by atoms with E-state index in [1.807, 2.05) is 75.4 Å². The number of aryl methyl sites for hydroxylation is 1. The van der Waals surface area contributed by atoms with E-state index in [1.165, 1.54) is 0 Å². The minimum Gasteiger partial charge on any atom is -0.495 e. The molecule has 0 saturated heterocycles. The first-order valence-electron chi connectivity index (χ1n) is 11.7. The van der Waals surface area contributed by atoms with E-state index in [0.29, 0.717) is 34.7 Å². The van der Waals surface area contributed by atoms with Crippen LogP contribution in [0, 0.1) is 6.92 Å². The summed E-state index contributed by atoms with van der Waals surface area (Å²) in [5.41, 5.74) is 2.72. The average Bonchev–Trinajstić information content (AvgIpc) is 2.87. The number of methoxy groups -OCH3 is 1. The van der Waals surface area contributed by atoms with Crippen molar-refractivity contribution in [2.45, 2.75) is 33.2 Å². The summed E-state index contributed by atoms with van der Waals surface area (Å²) in [6.07, 6.45) is 0.742. The third kappa shape index (κ3) is 4.75. The highest BCUT2D eigenvalue weighted by atomic mass is 16.5. The van der Waals surface area contributed by atoms with E-state index in [2.05, 4.69) is 5.32 Å². The molecule has 1 N–H and O–H groups in total. The van der Waals surface area contributed by atoms with Crippen LogP contribution in [0.3, 0.4) is 0 Å². The standard InChI is InChI=1S/C28H30N4O3/c1-5-18-31(28(34)30-23-15-9-11-17-25(23)35-4)20(3)26-29-22-14-8-7-13-21(22)27(33)32(26)24-16-10-6-12-19(24)2/h6-17,20H,5,18H2,1-4H3,(H,30,34). The van der Waals surface area contributed by atoms with Crippen molar-refractivity contribution in [1.29, 1.82) is 0 Å². The number of carbonyl (C=O) groups is 1. The second-order valence-corrected chi connectivity index (χ2v) is 8.41. The zero-order chi connectivity index (χ0) is 24.9. The molecule has 1 atom stereocenters. The molecule has 0 aliphatic rings. The quantitative estimate of drug-likeness (QED) is 0.375. The van der Waals surface area contributed by atoms with Crippen LogP contribution in [-0.4, -0.2) is 34.1 Å². The number of para-hydroxylation sites is 4. The first-order valence-corrected chi connectivity index (χ1v) is 11.7. The second kappa shape index (κ2) is 10.4. The Morgan fingerprint density at radius 1 is 1.06 bits per heavy atom. The lowest BCUT2D eigenvalue weighted by atomic mass is 10.1. The van der Waals surface area contributed by atoms with E-state index in [4.69, 9.17) is 9.72 Å². The first kappa shape index (κ1) is 24.0. The van der Waals surface area contributed by atoms with Gasteiger partial charge in [0.05, 0.1) is 35.4 Å². The molecule has 3 aromatic carbocycles. The molecule has 1 unspecified atom stereocenters. The van der Waals surface area contributed by atoms with E-state index in [0.717, 1.165) is 17.7 Å². The van der Waals surface area contributed by atoms with Gasteiger partial charge in [-0.3, -0.25) is 9.36 Å². The summed E-state index contributed by atoms with van der Waals surface area (Å²) in [6, 6.07) is 21.5. The molecule has 180 valence electrons. The second-order valence-electron chi connectivity index (χ2n) is 8.41. The van der Waals surface area contributed by atoms with E-state index in [-0.39, 0.29) is 11.6 Å². The molecule has 0 bridgehead atoms. The van der Waals surface area contributed by atoms with E-state index in [9.17, 15) is 9.59 Å². The molecular weight excluding hydrogens is 440 g/mol. The number of hydrogen-bond donors (Lipinski definition) is 1. The highest BCUT2D eigenvalue weighted by Gasteiger charge is 2.27. The van der Waals surface area contributed by atoms with Gasteiger partial charge in [-0.05, 0) is 56.2 Å². The van der Waals surface area contributed by atoms with Crippen LogP contribution in [0.25, 0.3) is 16.6 Å². The fourth-order valence-corrected chi connectivity index (χ4v) is 4.26. The predicted molar refractivity (Wildman–Crippen MR) is 140 cm³/mol. The predicted octanol–water partition coefficient (Wildman–Crippen LogP) is 5.71. The summed E-state index contributed by atoms with van der Waals surface area (Å²) in [7, 11) is 1.57. The van der Waals surface area contributed by atoms with Gasteiger partial charge >= 0.3 is 6.03 Å². The third-order valence-electron chi connectivity index (χ3n) is 6.07. The largest absolute Gasteiger partial charge is 0.495 e. The molecule has 1 heterocycles. The Balaban J connectivity index is 1.84. The summed E-state index contributed by atoms with van der Waals surface area (Å²) in [5, 5.41) is 3.50. The SMILES string of the molecule is CCCN(C(=O)Nc1ccccc1OC)C(C)c1nc2ccccc2c(=O)n1-c1ccccc1C. The molecule has 0 radical (unpaired) electrons. The van der Waals surface area contributed by atoms with Gasteiger partial charge < -0.3 is 15.0 Å². The number of urea groups is 1. The lowest BCUT2D eigenvalue weighted by molar-refractivity contribution is 0.189. The maximum absolute atomic E-state index is 13.7. The van der Waals surface area contributed by atoms with Crippen molar-refractivity contribution in [2.75, 3.05) is 19.0 Å². The van der Waals surface area contributed by atoms with Crippen molar-refractivity contribution in [1.82, 2.24) is 14.5 Å². The third-order valence-corrected chi connectivity index (χ3v) is 6.07. The molecule has 4 rings (SSSR count). The van der Waals surface area contributed by atoms with Crippen LogP contribution in [0.5, 0.6) is 5.75 Å². The fourth-order valence-electron chi connectivity index (χ4n) is 4.26. The van der Waals surface area contributed by atoms with Crippen molar-refractivity contribution in [3.63, 3.8) is 0 Å². The molecule has 7 heteroatoms. The van der Waals surface area contributed by atoms with Crippen LogP contribution in [0.15, 0.2) is 77.6 Å². The fraction of sp³-hybridized carbons (Fsp3) is 0.250. The lowest BCUT2D eigenvalue weighted by Crippen LogP contribution is -2.40. The number of fused-ring (bicyclic) bond motifs is 1. The van der Waals surface area contributed by atoms with Crippen LogP contribution in [-0.2, 0) is 0 Å². The maximum Gasteiger partial charge on any atom is 0.322 e. The minimum absolute atomic E-state index is 0.159. The summed E-state index contributed by atoms with van der Waals surface area (Å²) in [6.45, 7) is 6.36.